The molecule has 2 rings (SSSR count). The Balaban J connectivity index is 2.19. The highest BCUT2D eigenvalue weighted by Gasteiger charge is 2.32. The Morgan fingerprint density at radius 1 is 1.48 bits per heavy atom. The second-order valence-electron chi connectivity index (χ2n) is 5.59. The number of likely N-dealkylation sites (N-methyl/N-ethyl adjacent to an activating group) is 1. The topological polar surface area (TPSA) is 97.4 Å². The molecule has 1 aromatic heterocycles. The van der Waals surface area contributed by atoms with Gasteiger partial charge in [0, 0.05) is 32.4 Å². The Hall–Kier alpha value is -1.38. The first-order chi connectivity index (χ1) is 9.74. The molecule has 2 heterocycles. The number of likely N-dealkylation sites (tertiary alicyclic amines) is 1. The number of aromatic nitrogens is 1. The number of hydrogen-bond acceptors (Lipinski definition) is 4. The SMILES string of the molecule is CCN1C[C@@H](C)[C@@H](NS(=O)(=O)c2cc(C(N)=O)n(C)c2)C1. The molecule has 7 nitrogen and oxygen atoms in total. The third kappa shape index (κ3) is 3.28. The van der Waals surface area contributed by atoms with Crippen LogP contribution >= 0.6 is 0 Å². The highest BCUT2D eigenvalue weighted by Crippen LogP contribution is 2.20. The number of nitrogens with zero attached hydrogens (tertiary/aromatic N) is 2. The molecule has 1 fully saturated rings. The van der Waals surface area contributed by atoms with Crippen LogP contribution in [0.5, 0.6) is 0 Å². The van der Waals surface area contributed by atoms with Gasteiger partial charge in [0.05, 0.1) is 0 Å². The number of nitrogens with one attached hydrogen (secondary N) is 1. The molecule has 21 heavy (non-hydrogen) atoms. The molecule has 0 radical (unpaired) electrons. The van der Waals surface area contributed by atoms with Gasteiger partial charge in [-0.25, -0.2) is 13.1 Å². The highest BCUT2D eigenvalue weighted by molar-refractivity contribution is 7.89. The predicted octanol–water partition coefficient (Wildman–Crippen LogP) is -0.257. The summed E-state index contributed by atoms with van der Waals surface area (Å²) in [5.74, 6) is -0.399. The summed E-state index contributed by atoms with van der Waals surface area (Å²) in [4.78, 5) is 13.5. The Labute approximate surface area is 125 Å². The molecule has 1 aromatic rings. The first-order valence-electron chi connectivity index (χ1n) is 6.95. The van der Waals surface area contributed by atoms with Gasteiger partial charge in [0.1, 0.15) is 10.6 Å². The maximum atomic E-state index is 12.4. The summed E-state index contributed by atoms with van der Waals surface area (Å²) in [5.41, 5.74) is 5.38. The number of rotatable bonds is 5. The van der Waals surface area contributed by atoms with Crippen molar-refractivity contribution >= 4 is 15.9 Å². The number of aryl methyl sites for hydroxylation is 1. The summed E-state index contributed by atoms with van der Waals surface area (Å²) in [5, 5.41) is 0. The first kappa shape index (κ1) is 16.0. The standard InChI is InChI=1S/C13H22N4O3S/c1-4-17-6-9(2)11(8-17)15-21(19,20)10-5-12(13(14)18)16(3)7-10/h5,7,9,11,15H,4,6,8H2,1-3H3,(H2,14,18)/t9-,11+/m1/s1. The van der Waals surface area contributed by atoms with Crippen molar-refractivity contribution in [2.24, 2.45) is 18.7 Å². The van der Waals surface area contributed by atoms with Gasteiger partial charge in [-0.1, -0.05) is 13.8 Å². The van der Waals surface area contributed by atoms with Gasteiger partial charge in [-0.15, -0.1) is 0 Å². The number of hydrogen-bond donors (Lipinski definition) is 2. The number of carbonyl (C=O) groups excluding carboxylic acids is 1. The van der Waals surface area contributed by atoms with E-state index in [1.54, 1.807) is 7.05 Å². The summed E-state index contributed by atoms with van der Waals surface area (Å²) in [7, 11) is -2.06. The zero-order chi connectivity index (χ0) is 15.8. The average Bonchev–Trinajstić information content (AvgIpc) is 2.93. The number of amides is 1. The number of carbonyl (C=O) groups is 1. The minimum absolute atomic E-state index is 0.0703. The van der Waals surface area contributed by atoms with Crippen LogP contribution in [-0.4, -0.2) is 49.5 Å². The van der Waals surface area contributed by atoms with E-state index in [4.69, 9.17) is 5.73 Å². The lowest BCUT2D eigenvalue weighted by Crippen LogP contribution is -2.39. The van der Waals surface area contributed by atoms with Crippen LogP contribution in [0.25, 0.3) is 0 Å². The Bertz CT molecular complexity index is 638. The molecule has 0 unspecified atom stereocenters. The van der Waals surface area contributed by atoms with Crippen molar-refractivity contribution in [3.05, 3.63) is 18.0 Å². The maximum absolute atomic E-state index is 12.4. The van der Waals surface area contributed by atoms with E-state index in [0.29, 0.717) is 6.54 Å². The van der Waals surface area contributed by atoms with E-state index in [1.165, 1.54) is 16.8 Å². The van der Waals surface area contributed by atoms with Crippen molar-refractivity contribution in [3.8, 4) is 0 Å². The molecule has 1 aliphatic rings. The fraction of sp³-hybridized carbons (Fsp3) is 0.615. The molecule has 1 amide bonds. The van der Waals surface area contributed by atoms with Crippen LogP contribution < -0.4 is 10.5 Å². The number of primary amides is 1. The van der Waals surface area contributed by atoms with Gasteiger partial charge in [-0.2, -0.15) is 0 Å². The van der Waals surface area contributed by atoms with Gasteiger partial charge in [-0.3, -0.25) is 4.79 Å². The molecule has 0 spiro atoms. The van der Waals surface area contributed by atoms with Crippen molar-refractivity contribution in [1.29, 1.82) is 0 Å². The van der Waals surface area contributed by atoms with Gasteiger partial charge >= 0.3 is 0 Å². The van der Waals surface area contributed by atoms with Gasteiger partial charge in [0.15, 0.2) is 0 Å². The summed E-state index contributed by atoms with van der Waals surface area (Å²) < 4.78 is 29.0. The summed E-state index contributed by atoms with van der Waals surface area (Å²) >= 11 is 0. The zero-order valence-electron chi connectivity index (χ0n) is 12.5. The summed E-state index contributed by atoms with van der Waals surface area (Å²) in [6, 6.07) is 1.19. The number of nitrogens with two attached hydrogens (primary N) is 1. The van der Waals surface area contributed by atoms with Crippen LogP contribution in [0.15, 0.2) is 17.2 Å². The fourth-order valence-electron chi connectivity index (χ4n) is 2.67. The molecule has 3 N–H and O–H groups in total. The minimum Gasteiger partial charge on any atom is -0.364 e. The molecular weight excluding hydrogens is 292 g/mol. The van der Waals surface area contributed by atoms with Gasteiger partial charge in [0.2, 0.25) is 10.0 Å². The molecular formula is C13H22N4O3S. The lowest BCUT2D eigenvalue weighted by atomic mass is 10.1. The predicted molar refractivity (Wildman–Crippen MR) is 79.3 cm³/mol. The number of sulfonamides is 1. The molecule has 8 heteroatoms. The Morgan fingerprint density at radius 3 is 2.62 bits per heavy atom. The normalized spacial score (nSPS) is 23.6. The lowest BCUT2D eigenvalue weighted by molar-refractivity contribution is 0.0992. The van der Waals surface area contributed by atoms with Crippen LogP contribution in [-0.2, 0) is 17.1 Å². The van der Waals surface area contributed by atoms with Crippen molar-refractivity contribution < 1.29 is 13.2 Å². The van der Waals surface area contributed by atoms with Crippen LogP contribution in [0.4, 0.5) is 0 Å². The van der Waals surface area contributed by atoms with Crippen LogP contribution in [0.2, 0.25) is 0 Å². The minimum atomic E-state index is -3.65. The summed E-state index contributed by atoms with van der Waals surface area (Å²) in [6.07, 6.45) is 1.40. The largest absolute Gasteiger partial charge is 0.364 e. The van der Waals surface area contributed by atoms with E-state index in [2.05, 4.69) is 16.5 Å². The van der Waals surface area contributed by atoms with E-state index < -0.39 is 15.9 Å². The second kappa shape index (κ2) is 5.78. The van der Waals surface area contributed by atoms with Crippen molar-refractivity contribution in [2.45, 2.75) is 24.8 Å². The maximum Gasteiger partial charge on any atom is 0.265 e. The first-order valence-corrected chi connectivity index (χ1v) is 8.43. The zero-order valence-corrected chi connectivity index (χ0v) is 13.4. The third-order valence-electron chi connectivity index (χ3n) is 3.98. The van der Waals surface area contributed by atoms with Gasteiger partial charge < -0.3 is 15.2 Å². The van der Waals surface area contributed by atoms with Crippen molar-refractivity contribution in [3.63, 3.8) is 0 Å². The van der Waals surface area contributed by atoms with Gasteiger partial charge in [0.25, 0.3) is 5.91 Å². The molecule has 2 atom stereocenters. The lowest BCUT2D eigenvalue weighted by Gasteiger charge is -2.16. The third-order valence-corrected chi connectivity index (χ3v) is 5.44. The average molecular weight is 314 g/mol. The van der Waals surface area contributed by atoms with Crippen LogP contribution in [0.1, 0.15) is 24.3 Å². The molecule has 0 saturated carbocycles. The van der Waals surface area contributed by atoms with Crippen molar-refractivity contribution in [1.82, 2.24) is 14.2 Å². The Kier molecular flexibility index (Phi) is 4.40. The van der Waals surface area contributed by atoms with E-state index in [0.717, 1.165) is 13.1 Å². The van der Waals surface area contributed by atoms with E-state index >= 15 is 0 Å². The molecule has 118 valence electrons. The van der Waals surface area contributed by atoms with E-state index in [9.17, 15) is 13.2 Å². The smallest absolute Gasteiger partial charge is 0.265 e. The molecule has 0 aliphatic carbocycles. The molecule has 1 saturated heterocycles. The van der Waals surface area contributed by atoms with Crippen molar-refractivity contribution in [2.75, 3.05) is 19.6 Å². The molecule has 1 aliphatic heterocycles. The molecule has 0 bridgehead atoms. The quantitative estimate of drug-likeness (QED) is 0.782. The molecule has 0 aromatic carbocycles. The highest BCUT2D eigenvalue weighted by atomic mass is 32.2. The summed E-state index contributed by atoms with van der Waals surface area (Å²) in [6.45, 7) is 6.57. The van der Waals surface area contributed by atoms with Crippen LogP contribution in [0, 0.1) is 5.92 Å². The second-order valence-corrected chi connectivity index (χ2v) is 7.31. The monoisotopic (exact) mass is 314 g/mol. The Morgan fingerprint density at radius 2 is 2.14 bits per heavy atom. The van der Waals surface area contributed by atoms with Crippen LogP contribution in [0.3, 0.4) is 0 Å². The van der Waals surface area contributed by atoms with E-state index in [-0.39, 0.29) is 22.5 Å². The van der Waals surface area contributed by atoms with Gasteiger partial charge in [-0.05, 0) is 18.5 Å². The van der Waals surface area contributed by atoms with E-state index in [1.807, 2.05) is 6.92 Å². The fourth-order valence-corrected chi connectivity index (χ4v) is 4.08.